The first kappa shape index (κ1) is 12.0. The zero-order chi connectivity index (χ0) is 13.0. The third-order valence-electron chi connectivity index (χ3n) is 2.35. The number of carbonyl (C=O) groups is 1. The van der Waals surface area contributed by atoms with Gasteiger partial charge in [-0.2, -0.15) is 0 Å². The molecule has 5 nitrogen and oxygen atoms in total. The van der Waals surface area contributed by atoms with Crippen LogP contribution in [0.5, 0.6) is 11.5 Å². The molecule has 0 saturated heterocycles. The second kappa shape index (κ2) is 5.27. The van der Waals surface area contributed by atoms with Crippen LogP contribution in [0.15, 0.2) is 41.0 Å². The summed E-state index contributed by atoms with van der Waals surface area (Å²) in [6, 6.07) is 8.36. The van der Waals surface area contributed by atoms with Gasteiger partial charge >= 0.3 is 0 Å². The summed E-state index contributed by atoms with van der Waals surface area (Å²) in [5.41, 5.74) is 0.576. The highest BCUT2D eigenvalue weighted by atomic mass is 16.5. The first-order chi connectivity index (χ1) is 8.72. The van der Waals surface area contributed by atoms with Gasteiger partial charge in [-0.25, -0.2) is 0 Å². The summed E-state index contributed by atoms with van der Waals surface area (Å²) >= 11 is 0. The lowest BCUT2D eigenvalue weighted by atomic mass is 10.2. The minimum absolute atomic E-state index is 0.247. The molecule has 0 aliphatic carbocycles. The summed E-state index contributed by atoms with van der Waals surface area (Å²) in [4.78, 5) is 11.8. The molecule has 5 heteroatoms. The Labute approximate surface area is 104 Å². The lowest BCUT2D eigenvalue weighted by Gasteiger charge is -2.08. The molecule has 0 spiro atoms. The third kappa shape index (κ3) is 2.63. The van der Waals surface area contributed by atoms with Gasteiger partial charge < -0.3 is 19.2 Å². The second-order valence-electron chi connectivity index (χ2n) is 3.53. The van der Waals surface area contributed by atoms with Crippen molar-refractivity contribution in [2.75, 3.05) is 19.5 Å². The lowest BCUT2D eigenvalue weighted by Crippen LogP contribution is -2.10. The molecule has 0 saturated carbocycles. The maximum Gasteiger partial charge on any atom is 0.291 e. The summed E-state index contributed by atoms with van der Waals surface area (Å²) in [5.74, 6) is 1.13. The van der Waals surface area contributed by atoms with E-state index in [0.29, 0.717) is 17.2 Å². The Bertz CT molecular complexity index is 512. The van der Waals surface area contributed by atoms with E-state index in [4.69, 9.17) is 13.9 Å². The first-order valence-corrected chi connectivity index (χ1v) is 5.31. The summed E-state index contributed by atoms with van der Waals surface area (Å²) in [6.45, 7) is 0. The van der Waals surface area contributed by atoms with E-state index in [9.17, 15) is 4.79 Å². The van der Waals surface area contributed by atoms with Crippen LogP contribution >= 0.6 is 0 Å². The van der Waals surface area contributed by atoms with Crippen molar-refractivity contribution in [3.8, 4) is 11.5 Å². The molecule has 2 rings (SSSR count). The predicted molar refractivity (Wildman–Crippen MR) is 66.2 cm³/mol. The van der Waals surface area contributed by atoms with E-state index in [1.165, 1.54) is 6.26 Å². The molecular formula is C13H13NO4. The summed E-state index contributed by atoms with van der Waals surface area (Å²) in [6.07, 6.45) is 1.45. The van der Waals surface area contributed by atoms with E-state index < -0.39 is 0 Å². The first-order valence-electron chi connectivity index (χ1n) is 5.31. The minimum atomic E-state index is -0.324. The Morgan fingerprint density at radius 3 is 2.33 bits per heavy atom. The number of rotatable bonds is 4. The number of carbonyl (C=O) groups excluding carboxylic acids is 1. The minimum Gasteiger partial charge on any atom is -0.497 e. The van der Waals surface area contributed by atoms with Gasteiger partial charge in [-0.15, -0.1) is 0 Å². The van der Waals surface area contributed by atoms with Gasteiger partial charge in [0, 0.05) is 23.9 Å². The van der Waals surface area contributed by atoms with E-state index in [0.717, 1.165) is 0 Å². The fourth-order valence-corrected chi connectivity index (χ4v) is 1.48. The van der Waals surface area contributed by atoms with Crippen LogP contribution in [-0.4, -0.2) is 20.1 Å². The molecule has 1 amide bonds. The van der Waals surface area contributed by atoms with Gasteiger partial charge in [0.05, 0.1) is 20.5 Å². The van der Waals surface area contributed by atoms with Crippen molar-refractivity contribution < 1.29 is 18.7 Å². The highest BCUT2D eigenvalue weighted by Crippen LogP contribution is 2.26. The Kier molecular flexibility index (Phi) is 3.52. The number of hydrogen-bond acceptors (Lipinski definition) is 4. The van der Waals surface area contributed by atoms with E-state index in [1.54, 1.807) is 44.6 Å². The number of benzene rings is 1. The zero-order valence-corrected chi connectivity index (χ0v) is 10.1. The molecule has 1 aromatic carbocycles. The van der Waals surface area contributed by atoms with Crippen LogP contribution in [0, 0.1) is 0 Å². The number of furan rings is 1. The van der Waals surface area contributed by atoms with Gasteiger partial charge in [0.25, 0.3) is 5.91 Å². The third-order valence-corrected chi connectivity index (χ3v) is 2.35. The number of methoxy groups -OCH3 is 2. The molecule has 0 aliphatic heterocycles. The summed E-state index contributed by atoms with van der Waals surface area (Å²) in [7, 11) is 3.10. The van der Waals surface area contributed by atoms with Crippen molar-refractivity contribution in [1.82, 2.24) is 0 Å². The molecule has 1 aromatic heterocycles. The van der Waals surface area contributed by atoms with Gasteiger partial charge in [-0.1, -0.05) is 0 Å². The predicted octanol–water partition coefficient (Wildman–Crippen LogP) is 2.55. The van der Waals surface area contributed by atoms with Crippen LogP contribution in [-0.2, 0) is 0 Å². The standard InChI is InChI=1S/C13H13NO4/c1-16-10-6-9(7-11(8-10)17-2)14-13(15)12-4-3-5-18-12/h3-8H,1-2H3,(H,14,15). The van der Waals surface area contributed by atoms with Crippen molar-refractivity contribution in [2.24, 2.45) is 0 Å². The Hall–Kier alpha value is -2.43. The molecule has 2 aromatic rings. The van der Waals surface area contributed by atoms with Gasteiger partial charge in [-0.3, -0.25) is 4.79 Å². The number of amides is 1. The van der Waals surface area contributed by atoms with Crippen LogP contribution in [0.3, 0.4) is 0 Å². The normalized spacial score (nSPS) is 9.89. The molecule has 94 valence electrons. The van der Waals surface area contributed by atoms with Crippen LogP contribution in [0.25, 0.3) is 0 Å². The molecule has 0 bridgehead atoms. The van der Waals surface area contributed by atoms with Gasteiger partial charge in [0.15, 0.2) is 5.76 Å². The smallest absolute Gasteiger partial charge is 0.291 e. The van der Waals surface area contributed by atoms with Crippen LogP contribution in [0.1, 0.15) is 10.6 Å². The Morgan fingerprint density at radius 1 is 1.17 bits per heavy atom. The lowest BCUT2D eigenvalue weighted by molar-refractivity contribution is 0.0996. The van der Waals surface area contributed by atoms with Crippen LogP contribution in [0.4, 0.5) is 5.69 Å². The number of hydrogen-bond donors (Lipinski definition) is 1. The van der Waals surface area contributed by atoms with Crippen LogP contribution in [0.2, 0.25) is 0 Å². The molecule has 0 unspecified atom stereocenters. The SMILES string of the molecule is COc1cc(NC(=O)c2ccco2)cc(OC)c1. The van der Waals surface area contributed by atoms with Crippen molar-refractivity contribution in [1.29, 1.82) is 0 Å². The average molecular weight is 247 g/mol. The van der Waals surface area contributed by atoms with Gasteiger partial charge in [0.2, 0.25) is 0 Å². The molecule has 18 heavy (non-hydrogen) atoms. The molecule has 0 atom stereocenters. The average Bonchev–Trinajstić information content (AvgIpc) is 2.92. The molecule has 1 N–H and O–H groups in total. The zero-order valence-electron chi connectivity index (χ0n) is 10.1. The molecule has 0 aliphatic rings. The number of anilines is 1. The van der Waals surface area contributed by atoms with E-state index in [1.807, 2.05) is 0 Å². The molecule has 0 fully saturated rings. The van der Waals surface area contributed by atoms with Crippen LogP contribution < -0.4 is 14.8 Å². The second-order valence-corrected chi connectivity index (χ2v) is 3.53. The fourth-order valence-electron chi connectivity index (χ4n) is 1.48. The topological polar surface area (TPSA) is 60.7 Å². The number of nitrogens with one attached hydrogen (secondary N) is 1. The van der Waals surface area contributed by atoms with Crippen molar-refractivity contribution >= 4 is 11.6 Å². The van der Waals surface area contributed by atoms with Gasteiger partial charge in [-0.05, 0) is 12.1 Å². The maximum absolute atomic E-state index is 11.8. The maximum atomic E-state index is 11.8. The van der Waals surface area contributed by atoms with Crippen molar-refractivity contribution in [2.45, 2.75) is 0 Å². The summed E-state index contributed by atoms with van der Waals surface area (Å²) < 4.78 is 15.2. The highest BCUT2D eigenvalue weighted by molar-refractivity contribution is 6.02. The highest BCUT2D eigenvalue weighted by Gasteiger charge is 2.10. The number of ether oxygens (including phenoxy) is 2. The Balaban J connectivity index is 2.20. The molecular weight excluding hydrogens is 234 g/mol. The van der Waals surface area contributed by atoms with Gasteiger partial charge in [0.1, 0.15) is 11.5 Å². The molecule has 1 heterocycles. The molecule has 0 radical (unpaired) electrons. The summed E-state index contributed by atoms with van der Waals surface area (Å²) in [5, 5.41) is 2.70. The Morgan fingerprint density at radius 2 is 1.83 bits per heavy atom. The van der Waals surface area contributed by atoms with Crippen molar-refractivity contribution in [3.05, 3.63) is 42.4 Å². The fraction of sp³-hybridized carbons (Fsp3) is 0.154. The van der Waals surface area contributed by atoms with E-state index in [-0.39, 0.29) is 11.7 Å². The van der Waals surface area contributed by atoms with Crippen molar-refractivity contribution in [3.63, 3.8) is 0 Å². The monoisotopic (exact) mass is 247 g/mol. The largest absolute Gasteiger partial charge is 0.497 e. The van der Waals surface area contributed by atoms with E-state index >= 15 is 0 Å². The quantitative estimate of drug-likeness (QED) is 0.901. The van der Waals surface area contributed by atoms with E-state index in [2.05, 4.69) is 5.32 Å².